The van der Waals surface area contributed by atoms with E-state index >= 15 is 0 Å². The highest BCUT2D eigenvalue weighted by atomic mass is 19.4. The van der Waals surface area contributed by atoms with Crippen LogP contribution in [0.4, 0.5) is 26.3 Å². The molecular formula is C26H24F6O. The Kier molecular flexibility index (Phi) is 7.72. The van der Waals surface area contributed by atoms with E-state index in [2.05, 4.69) is 35.9 Å². The van der Waals surface area contributed by atoms with Crippen LogP contribution < -0.4 is 4.74 Å². The van der Waals surface area contributed by atoms with Gasteiger partial charge in [-0.3, -0.25) is 0 Å². The summed E-state index contributed by atoms with van der Waals surface area (Å²) >= 11 is 0. The summed E-state index contributed by atoms with van der Waals surface area (Å²) < 4.78 is 80.4. The first-order valence-electron chi connectivity index (χ1n) is 10.6. The highest BCUT2D eigenvalue weighted by molar-refractivity contribution is 5.64. The van der Waals surface area contributed by atoms with Crippen molar-refractivity contribution in [3.05, 3.63) is 89.5 Å². The standard InChI is InChI=1S/C26H24F6O/c1-2-3-18-4-6-19(7-5-18)8-9-20-10-12-21(13-11-20)22-14-16-23(17-15-22)33-26(31,32)24(27)25(28,29)30/h4-7,10-17,24H,2-3,8-9H2,1H3. The summed E-state index contributed by atoms with van der Waals surface area (Å²) in [6.07, 6.45) is -11.2. The molecule has 0 radical (unpaired) electrons. The minimum absolute atomic E-state index is 0.558. The van der Waals surface area contributed by atoms with Crippen molar-refractivity contribution in [1.82, 2.24) is 0 Å². The predicted octanol–water partition coefficient (Wildman–Crippen LogP) is 7.96. The average Bonchev–Trinajstić information content (AvgIpc) is 2.78. The molecule has 0 saturated carbocycles. The molecule has 0 bridgehead atoms. The minimum atomic E-state index is -5.72. The van der Waals surface area contributed by atoms with Crippen LogP contribution in [-0.2, 0) is 19.3 Å². The average molecular weight is 466 g/mol. The number of hydrogen-bond donors (Lipinski definition) is 0. The molecule has 0 fully saturated rings. The molecule has 33 heavy (non-hydrogen) atoms. The summed E-state index contributed by atoms with van der Waals surface area (Å²) in [5, 5.41) is 0. The molecule has 1 nitrogen and oxygen atoms in total. The van der Waals surface area contributed by atoms with Gasteiger partial charge in [-0.15, -0.1) is 0 Å². The Morgan fingerprint density at radius 2 is 1.03 bits per heavy atom. The number of hydrogen-bond acceptors (Lipinski definition) is 1. The summed E-state index contributed by atoms with van der Waals surface area (Å²) in [6.45, 7) is 2.15. The van der Waals surface area contributed by atoms with Gasteiger partial charge in [0.1, 0.15) is 5.75 Å². The van der Waals surface area contributed by atoms with Crippen LogP contribution in [0.3, 0.4) is 0 Å². The van der Waals surface area contributed by atoms with Gasteiger partial charge in [0.2, 0.25) is 0 Å². The molecule has 3 aromatic rings. The van der Waals surface area contributed by atoms with Crippen molar-refractivity contribution < 1.29 is 31.1 Å². The first-order chi connectivity index (χ1) is 15.6. The van der Waals surface area contributed by atoms with Crippen LogP contribution in [-0.4, -0.2) is 18.5 Å². The van der Waals surface area contributed by atoms with Gasteiger partial charge in [-0.05, 0) is 59.2 Å². The maximum absolute atomic E-state index is 13.4. The molecule has 1 atom stereocenters. The Hall–Kier alpha value is -2.96. The highest BCUT2D eigenvalue weighted by Gasteiger charge is 2.59. The Labute approximate surface area is 189 Å². The fourth-order valence-electron chi connectivity index (χ4n) is 3.43. The molecule has 0 N–H and O–H groups in total. The van der Waals surface area contributed by atoms with Gasteiger partial charge in [0, 0.05) is 0 Å². The maximum Gasteiger partial charge on any atom is 0.439 e. The van der Waals surface area contributed by atoms with E-state index in [1.54, 1.807) is 0 Å². The van der Waals surface area contributed by atoms with E-state index in [9.17, 15) is 26.3 Å². The predicted molar refractivity (Wildman–Crippen MR) is 116 cm³/mol. The molecular weight excluding hydrogens is 442 g/mol. The summed E-state index contributed by atoms with van der Waals surface area (Å²) in [5.74, 6) is -0.558. The lowest BCUT2D eigenvalue weighted by Crippen LogP contribution is -2.45. The lowest BCUT2D eigenvalue weighted by atomic mass is 9.99. The number of alkyl halides is 6. The second-order valence-electron chi connectivity index (χ2n) is 7.86. The molecule has 176 valence electrons. The molecule has 0 saturated heterocycles. The second-order valence-corrected chi connectivity index (χ2v) is 7.86. The smallest absolute Gasteiger partial charge is 0.430 e. The topological polar surface area (TPSA) is 9.23 Å². The van der Waals surface area contributed by atoms with E-state index in [-0.39, 0.29) is 0 Å². The van der Waals surface area contributed by atoms with Crippen LogP contribution >= 0.6 is 0 Å². The van der Waals surface area contributed by atoms with Gasteiger partial charge >= 0.3 is 12.3 Å². The molecule has 0 aliphatic rings. The maximum atomic E-state index is 13.4. The molecule has 0 aliphatic heterocycles. The van der Waals surface area contributed by atoms with Crippen LogP contribution in [0.1, 0.15) is 30.0 Å². The number of rotatable bonds is 9. The lowest BCUT2D eigenvalue weighted by Gasteiger charge is -2.23. The molecule has 3 aromatic carbocycles. The van der Waals surface area contributed by atoms with E-state index in [1.165, 1.54) is 23.3 Å². The number of halogens is 6. The van der Waals surface area contributed by atoms with Crippen molar-refractivity contribution in [2.24, 2.45) is 0 Å². The highest BCUT2D eigenvalue weighted by Crippen LogP contribution is 2.37. The Bertz CT molecular complexity index is 1010. The van der Waals surface area contributed by atoms with Gasteiger partial charge in [0.05, 0.1) is 0 Å². The van der Waals surface area contributed by atoms with E-state index < -0.39 is 24.2 Å². The molecule has 3 rings (SSSR count). The second kappa shape index (κ2) is 10.3. The van der Waals surface area contributed by atoms with Gasteiger partial charge in [-0.25, -0.2) is 4.39 Å². The van der Waals surface area contributed by atoms with Crippen LogP contribution in [0.25, 0.3) is 11.1 Å². The first-order valence-corrected chi connectivity index (χ1v) is 10.6. The van der Waals surface area contributed by atoms with Crippen molar-refractivity contribution >= 4 is 0 Å². The molecule has 0 amide bonds. The SMILES string of the molecule is CCCc1ccc(CCc2ccc(-c3ccc(OC(F)(F)C(F)C(F)(F)F)cc3)cc2)cc1. The fraction of sp³-hybridized carbons (Fsp3) is 0.308. The molecule has 0 aliphatic carbocycles. The Morgan fingerprint density at radius 1 is 0.636 bits per heavy atom. The van der Waals surface area contributed by atoms with E-state index in [4.69, 9.17) is 0 Å². The van der Waals surface area contributed by atoms with Gasteiger partial charge in [0.25, 0.3) is 6.17 Å². The third kappa shape index (κ3) is 6.76. The Balaban J connectivity index is 1.59. The summed E-state index contributed by atoms with van der Waals surface area (Å²) in [7, 11) is 0. The normalized spacial score (nSPS) is 13.1. The molecule has 0 heterocycles. The zero-order valence-electron chi connectivity index (χ0n) is 18.0. The number of benzene rings is 3. The van der Waals surface area contributed by atoms with Crippen molar-refractivity contribution in [2.75, 3.05) is 0 Å². The van der Waals surface area contributed by atoms with E-state index in [1.807, 2.05) is 24.3 Å². The number of aryl methyl sites for hydroxylation is 3. The zero-order chi connectivity index (χ0) is 24.1. The van der Waals surface area contributed by atoms with Crippen molar-refractivity contribution in [1.29, 1.82) is 0 Å². The van der Waals surface area contributed by atoms with Crippen LogP contribution in [0.2, 0.25) is 0 Å². The van der Waals surface area contributed by atoms with Gasteiger partial charge in [0.15, 0.2) is 0 Å². The number of ether oxygens (including phenoxy) is 1. The first kappa shape index (κ1) is 24.7. The Morgan fingerprint density at radius 3 is 1.45 bits per heavy atom. The molecule has 0 spiro atoms. The van der Waals surface area contributed by atoms with Crippen LogP contribution in [0.15, 0.2) is 72.8 Å². The molecule has 7 heteroatoms. The fourth-order valence-corrected chi connectivity index (χ4v) is 3.43. The summed E-state index contributed by atoms with van der Waals surface area (Å²) in [5.41, 5.74) is 5.19. The van der Waals surface area contributed by atoms with E-state index in [0.29, 0.717) is 5.56 Å². The lowest BCUT2D eigenvalue weighted by molar-refractivity contribution is -0.304. The van der Waals surface area contributed by atoms with Gasteiger partial charge < -0.3 is 4.74 Å². The largest absolute Gasteiger partial charge is 0.439 e. The summed E-state index contributed by atoms with van der Waals surface area (Å²) in [4.78, 5) is 0. The van der Waals surface area contributed by atoms with Crippen LogP contribution in [0, 0.1) is 0 Å². The van der Waals surface area contributed by atoms with Gasteiger partial charge in [-0.1, -0.05) is 74.0 Å². The van der Waals surface area contributed by atoms with Crippen molar-refractivity contribution in [3.8, 4) is 16.9 Å². The summed E-state index contributed by atoms with van der Waals surface area (Å²) in [6, 6.07) is 21.3. The third-order valence-corrected chi connectivity index (χ3v) is 5.24. The van der Waals surface area contributed by atoms with E-state index in [0.717, 1.165) is 48.9 Å². The quantitative estimate of drug-likeness (QED) is 0.291. The monoisotopic (exact) mass is 466 g/mol. The van der Waals surface area contributed by atoms with Gasteiger partial charge in [-0.2, -0.15) is 22.0 Å². The van der Waals surface area contributed by atoms with Crippen molar-refractivity contribution in [2.45, 2.75) is 51.1 Å². The van der Waals surface area contributed by atoms with Crippen molar-refractivity contribution in [3.63, 3.8) is 0 Å². The third-order valence-electron chi connectivity index (χ3n) is 5.24. The molecule has 0 aromatic heterocycles. The molecule has 1 unspecified atom stereocenters. The zero-order valence-corrected chi connectivity index (χ0v) is 18.0. The minimum Gasteiger partial charge on any atom is -0.430 e. The van der Waals surface area contributed by atoms with Crippen LogP contribution in [0.5, 0.6) is 5.75 Å².